The SMILES string of the molecule is CCc1cnc(CNC(=O)Cc2sc(=S)[nH]c2C)o1. The molecule has 2 aromatic heterocycles. The van der Waals surface area contributed by atoms with Crippen LogP contribution in [0.25, 0.3) is 0 Å². The molecule has 0 radical (unpaired) electrons. The predicted molar refractivity (Wildman–Crippen MR) is 75.7 cm³/mol. The molecule has 2 N–H and O–H groups in total. The van der Waals surface area contributed by atoms with Crippen molar-refractivity contribution >= 4 is 29.5 Å². The molecule has 0 unspecified atom stereocenters. The van der Waals surface area contributed by atoms with E-state index in [1.807, 2.05) is 13.8 Å². The standard InChI is InChI=1S/C12H15N3O2S2/c1-3-8-5-14-11(17-8)6-13-10(16)4-9-7(2)15-12(18)19-9/h5H,3-4,6H2,1-2H3,(H,13,16)(H,15,18). The first-order chi connectivity index (χ1) is 9.08. The Bertz CT molecular complexity index is 627. The van der Waals surface area contributed by atoms with Crippen LogP contribution in [-0.4, -0.2) is 15.9 Å². The molecule has 1 amide bonds. The second-order valence-corrected chi connectivity index (χ2v) is 5.86. The van der Waals surface area contributed by atoms with Crippen LogP contribution in [0.2, 0.25) is 0 Å². The fourth-order valence-corrected chi connectivity index (χ4v) is 2.87. The Hall–Kier alpha value is -1.47. The molecular formula is C12H15N3O2S2. The van der Waals surface area contributed by atoms with E-state index >= 15 is 0 Å². The van der Waals surface area contributed by atoms with Crippen molar-refractivity contribution in [1.82, 2.24) is 15.3 Å². The van der Waals surface area contributed by atoms with Crippen molar-refractivity contribution in [3.05, 3.63) is 32.4 Å². The van der Waals surface area contributed by atoms with E-state index in [2.05, 4.69) is 15.3 Å². The summed E-state index contributed by atoms with van der Waals surface area (Å²) < 4.78 is 6.11. The summed E-state index contributed by atoms with van der Waals surface area (Å²) in [4.78, 5) is 19.9. The van der Waals surface area contributed by atoms with E-state index in [1.54, 1.807) is 6.20 Å². The summed E-state index contributed by atoms with van der Waals surface area (Å²) in [6.45, 7) is 4.22. The number of aromatic amines is 1. The molecule has 0 aliphatic carbocycles. The number of hydrogen-bond donors (Lipinski definition) is 2. The van der Waals surface area contributed by atoms with E-state index < -0.39 is 0 Å². The second-order valence-electron chi connectivity index (χ2n) is 4.09. The van der Waals surface area contributed by atoms with Crippen LogP contribution in [0.1, 0.15) is 29.1 Å². The Labute approximate surface area is 120 Å². The Balaban J connectivity index is 1.88. The number of nitrogens with zero attached hydrogens (tertiary/aromatic N) is 1. The zero-order valence-corrected chi connectivity index (χ0v) is 12.4. The summed E-state index contributed by atoms with van der Waals surface area (Å²) >= 11 is 6.47. The van der Waals surface area contributed by atoms with E-state index in [0.29, 0.717) is 22.8 Å². The maximum absolute atomic E-state index is 11.8. The van der Waals surface area contributed by atoms with Gasteiger partial charge in [0.15, 0.2) is 3.95 Å². The molecule has 2 heterocycles. The molecule has 0 bridgehead atoms. The monoisotopic (exact) mass is 297 g/mol. The lowest BCUT2D eigenvalue weighted by Gasteiger charge is -2.01. The summed E-state index contributed by atoms with van der Waals surface area (Å²) in [6, 6.07) is 0. The van der Waals surface area contributed by atoms with Gasteiger partial charge in [-0.25, -0.2) is 4.98 Å². The van der Waals surface area contributed by atoms with Crippen molar-refractivity contribution in [2.75, 3.05) is 0 Å². The van der Waals surface area contributed by atoms with E-state index in [1.165, 1.54) is 11.3 Å². The molecule has 7 heteroatoms. The minimum Gasteiger partial charge on any atom is -0.444 e. The number of carbonyl (C=O) groups excluding carboxylic acids is 1. The number of nitrogens with one attached hydrogen (secondary N) is 2. The number of thiazole rings is 1. The zero-order chi connectivity index (χ0) is 13.8. The van der Waals surface area contributed by atoms with Gasteiger partial charge in [0.25, 0.3) is 0 Å². The molecule has 102 valence electrons. The molecule has 2 rings (SSSR count). The van der Waals surface area contributed by atoms with E-state index in [0.717, 1.165) is 22.8 Å². The Morgan fingerprint density at radius 1 is 1.63 bits per heavy atom. The number of hydrogen-bond acceptors (Lipinski definition) is 5. The highest BCUT2D eigenvalue weighted by Crippen LogP contribution is 2.15. The summed E-state index contributed by atoms with van der Waals surface area (Å²) in [5.41, 5.74) is 0.953. The number of rotatable bonds is 5. The van der Waals surface area contributed by atoms with Crippen molar-refractivity contribution in [1.29, 1.82) is 0 Å². The van der Waals surface area contributed by atoms with Gasteiger partial charge < -0.3 is 14.7 Å². The number of oxazole rings is 1. The van der Waals surface area contributed by atoms with Crippen LogP contribution in [-0.2, 0) is 24.2 Å². The Morgan fingerprint density at radius 3 is 3.00 bits per heavy atom. The van der Waals surface area contributed by atoms with Gasteiger partial charge in [-0.15, -0.1) is 11.3 Å². The van der Waals surface area contributed by atoms with E-state index in [-0.39, 0.29) is 5.91 Å². The molecule has 0 saturated heterocycles. The lowest BCUT2D eigenvalue weighted by atomic mass is 10.3. The van der Waals surface area contributed by atoms with Crippen molar-refractivity contribution in [2.45, 2.75) is 33.2 Å². The van der Waals surface area contributed by atoms with Gasteiger partial charge in [-0.3, -0.25) is 4.79 Å². The molecule has 0 fully saturated rings. The second kappa shape index (κ2) is 6.12. The number of aromatic nitrogens is 2. The molecule has 0 spiro atoms. The molecule has 0 aromatic carbocycles. The number of amides is 1. The van der Waals surface area contributed by atoms with Gasteiger partial charge in [0.05, 0.1) is 19.2 Å². The highest BCUT2D eigenvalue weighted by atomic mass is 32.1. The predicted octanol–water partition coefficient (Wildman–Crippen LogP) is 2.52. The summed E-state index contributed by atoms with van der Waals surface area (Å²) in [5, 5.41) is 2.78. The summed E-state index contributed by atoms with van der Waals surface area (Å²) in [5.74, 6) is 1.29. The van der Waals surface area contributed by atoms with Gasteiger partial charge >= 0.3 is 0 Å². The van der Waals surface area contributed by atoms with Crippen LogP contribution >= 0.6 is 23.6 Å². The average molecular weight is 297 g/mol. The maximum Gasteiger partial charge on any atom is 0.225 e. The third-order valence-corrected chi connectivity index (χ3v) is 3.97. The minimum atomic E-state index is -0.0652. The Morgan fingerprint density at radius 2 is 2.42 bits per heavy atom. The van der Waals surface area contributed by atoms with Gasteiger partial charge in [-0.2, -0.15) is 0 Å². The van der Waals surface area contributed by atoms with Gasteiger partial charge in [0.1, 0.15) is 5.76 Å². The topological polar surface area (TPSA) is 70.9 Å². The molecule has 5 nitrogen and oxygen atoms in total. The minimum absolute atomic E-state index is 0.0652. The number of H-pyrrole nitrogens is 1. The Kier molecular flexibility index (Phi) is 4.49. The maximum atomic E-state index is 11.8. The third-order valence-electron chi connectivity index (χ3n) is 2.63. The van der Waals surface area contributed by atoms with Gasteiger partial charge in [-0.05, 0) is 19.1 Å². The zero-order valence-electron chi connectivity index (χ0n) is 10.8. The molecular weight excluding hydrogens is 282 g/mol. The first kappa shape index (κ1) is 14.0. The first-order valence-electron chi connectivity index (χ1n) is 5.97. The van der Waals surface area contributed by atoms with Gasteiger partial charge in [0, 0.05) is 17.0 Å². The third kappa shape index (κ3) is 3.74. The fraction of sp³-hybridized carbons (Fsp3) is 0.417. The smallest absolute Gasteiger partial charge is 0.225 e. The van der Waals surface area contributed by atoms with Crippen LogP contribution in [0, 0.1) is 10.9 Å². The van der Waals surface area contributed by atoms with Crippen LogP contribution < -0.4 is 5.32 Å². The lowest BCUT2D eigenvalue weighted by Crippen LogP contribution is -2.24. The van der Waals surface area contributed by atoms with E-state index in [9.17, 15) is 4.79 Å². The molecule has 0 aliphatic heterocycles. The molecule has 0 aliphatic rings. The number of aryl methyl sites for hydroxylation is 2. The van der Waals surface area contributed by atoms with Gasteiger partial charge in [0.2, 0.25) is 11.8 Å². The normalized spacial score (nSPS) is 10.6. The first-order valence-corrected chi connectivity index (χ1v) is 7.19. The van der Waals surface area contributed by atoms with Crippen LogP contribution in [0.4, 0.5) is 0 Å². The lowest BCUT2D eigenvalue weighted by molar-refractivity contribution is -0.120. The molecule has 0 atom stereocenters. The average Bonchev–Trinajstić information content (AvgIpc) is 2.94. The molecule has 19 heavy (non-hydrogen) atoms. The van der Waals surface area contributed by atoms with Crippen molar-refractivity contribution in [2.24, 2.45) is 0 Å². The van der Waals surface area contributed by atoms with Crippen LogP contribution in [0.5, 0.6) is 0 Å². The highest BCUT2D eigenvalue weighted by Gasteiger charge is 2.10. The van der Waals surface area contributed by atoms with E-state index in [4.69, 9.17) is 16.6 Å². The molecule has 2 aromatic rings. The molecule has 0 saturated carbocycles. The van der Waals surface area contributed by atoms with Crippen LogP contribution in [0.15, 0.2) is 10.6 Å². The largest absolute Gasteiger partial charge is 0.444 e. The summed E-state index contributed by atoms with van der Waals surface area (Å²) in [7, 11) is 0. The van der Waals surface area contributed by atoms with Crippen molar-refractivity contribution in [3.8, 4) is 0 Å². The quantitative estimate of drug-likeness (QED) is 0.832. The van der Waals surface area contributed by atoms with Gasteiger partial charge in [-0.1, -0.05) is 6.92 Å². The summed E-state index contributed by atoms with van der Waals surface area (Å²) in [6.07, 6.45) is 2.81. The fourth-order valence-electron chi connectivity index (χ4n) is 1.58. The van der Waals surface area contributed by atoms with Crippen molar-refractivity contribution < 1.29 is 9.21 Å². The van der Waals surface area contributed by atoms with Crippen molar-refractivity contribution in [3.63, 3.8) is 0 Å². The number of carbonyl (C=O) groups is 1. The van der Waals surface area contributed by atoms with Crippen LogP contribution in [0.3, 0.4) is 0 Å². The highest BCUT2D eigenvalue weighted by molar-refractivity contribution is 7.73.